The molecule has 0 saturated heterocycles. The Bertz CT molecular complexity index is 1240. The van der Waals surface area contributed by atoms with Crippen LogP contribution in [0.3, 0.4) is 0 Å². The Morgan fingerprint density at radius 1 is 1.24 bits per heavy atom. The van der Waals surface area contributed by atoms with E-state index >= 15 is 0 Å². The predicted octanol–water partition coefficient (Wildman–Crippen LogP) is 2.82. The smallest absolute Gasteiger partial charge is 0.350 e. The summed E-state index contributed by atoms with van der Waals surface area (Å²) < 4.78 is 12.8. The Balaban J connectivity index is 1.72. The number of hydrogen-bond donors (Lipinski definition) is 0. The molecule has 4 aromatic rings. The fourth-order valence-electron chi connectivity index (χ4n) is 2.78. The standard InChI is InChI=1S/C19H16ClN5O4/c1-11(2)28-15(26)10-25-19(27)24-9-3-4-14(17(24)22-25)18-21-16(23-29-18)12-5-7-13(20)8-6-12/h3-9,11H,10H2,1-2H3. The maximum atomic E-state index is 12.6. The van der Waals surface area contributed by atoms with Crippen molar-refractivity contribution >= 4 is 23.2 Å². The molecule has 4 rings (SSSR count). The van der Waals surface area contributed by atoms with Crippen LogP contribution in [0.5, 0.6) is 0 Å². The summed E-state index contributed by atoms with van der Waals surface area (Å²) in [7, 11) is 0. The number of benzene rings is 1. The van der Waals surface area contributed by atoms with E-state index in [1.54, 1.807) is 56.4 Å². The van der Waals surface area contributed by atoms with Crippen LogP contribution < -0.4 is 5.69 Å². The molecule has 10 heteroatoms. The molecule has 0 saturated carbocycles. The second-order valence-corrected chi connectivity index (χ2v) is 6.96. The maximum absolute atomic E-state index is 12.6. The minimum absolute atomic E-state index is 0.197. The number of halogens is 1. The summed E-state index contributed by atoms with van der Waals surface area (Å²) in [6, 6.07) is 10.4. The molecule has 0 fully saturated rings. The van der Waals surface area contributed by atoms with Gasteiger partial charge in [0.05, 0.1) is 11.7 Å². The van der Waals surface area contributed by atoms with E-state index in [2.05, 4.69) is 15.2 Å². The highest BCUT2D eigenvalue weighted by Gasteiger charge is 2.19. The number of rotatable bonds is 5. The summed E-state index contributed by atoms with van der Waals surface area (Å²) in [6.07, 6.45) is 1.27. The van der Waals surface area contributed by atoms with Gasteiger partial charge in [0.1, 0.15) is 6.54 Å². The number of carbonyl (C=O) groups excluding carboxylic acids is 1. The van der Waals surface area contributed by atoms with E-state index in [1.807, 2.05) is 0 Å². The molecule has 0 amide bonds. The second-order valence-electron chi connectivity index (χ2n) is 6.52. The van der Waals surface area contributed by atoms with Crippen LogP contribution in [0, 0.1) is 0 Å². The van der Waals surface area contributed by atoms with Gasteiger partial charge in [-0.05, 0) is 50.2 Å². The molecule has 0 bridgehead atoms. The van der Waals surface area contributed by atoms with Gasteiger partial charge in [-0.15, -0.1) is 5.10 Å². The van der Waals surface area contributed by atoms with Crippen LogP contribution in [0.15, 0.2) is 51.9 Å². The third-order valence-corrected chi connectivity index (χ3v) is 4.27. The van der Waals surface area contributed by atoms with Crippen LogP contribution in [0.25, 0.3) is 28.5 Å². The summed E-state index contributed by atoms with van der Waals surface area (Å²) in [5, 5.41) is 8.83. The molecule has 0 spiro atoms. The minimum Gasteiger partial charge on any atom is -0.462 e. The van der Waals surface area contributed by atoms with Crippen molar-refractivity contribution in [2.24, 2.45) is 0 Å². The highest BCUT2D eigenvalue weighted by molar-refractivity contribution is 6.30. The Labute approximate surface area is 169 Å². The molecule has 0 N–H and O–H groups in total. The SMILES string of the molecule is CC(C)OC(=O)Cn1nc2c(-c3nc(-c4ccc(Cl)cc4)no3)cccn2c1=O. The highest BCUT2D eigenvalue weighted by Crippen LogP contribution is 2.25. The van der Waals surface area contributed by atoms with E-state index in [-0.39, 0.29) is 18.5 Å². The normalized spacial score (nSPS) is 11.3. The summed E-state index contributed by atoms with van der Waals surface area (Å²) in [5.41, 5.74) is 1.02. The molecule has 29 heavy (non-hydrogen) atoms. The zero-order chi connectivity index (χ0) is 20.5. The first-order valence-electron chi connectivity index (χ1n) is 8.80. The van der Waals surface area contributed by atoms with Crippen molar-refractivity contribution in [1.29, 1.82) is 0 Å². The number of ether oxygens (including phenoxy) is 1. The zero-order valence-corrected chi connectivity index (χ0v) is 16.3. The Kier molecular flexibility index (Phi) is 4.89. The van der Waals surface area contributed by atoms with E-state index < -0.39 is 11.7 Å². The molecule has 1 aromatic carbocycles. The lowest BCUT2D eigenvalue weighted by Crippen LogP contribution is -2.27. The van der Waals surface area contributed by atoms with E-state index in [4.69, 9.17) is 20.9 Å². The Morgan fingerprint density at radius 2 is 2.00 bits per heavy atom. The van der Waals surface area contributed by atoms with Crippen molar-refractivity contribution in [3.05, 3.63) is 58.1 Å². The van der Waals surface area contributed by atoms with Crippen molar-refractivity contribution in [2.45, 2.75) is 26.5 Å². The molecule has 0 aliphatic heterocycles. The average Bonchev–Trinajstić information content (AvgIpc) is 3.28. The lowest BCUT2D eigenvalue weighted by Gasteiger charge is -2.06. The number of fused-ring (bicyclic) bond motifs is 1. The number of pyridine rings is 1. The van der Waals surface area contributed by atoms with Gasteiger partial charge in [-0.25, -0.2) is 13.9 Å². The van der Waals surface area contributed by atoms with Crippen molar-refractivity contribution in [3.8, 4) is 22.8 Å². The summed E-state index contributed by atoms with van der Waals surface area (Å²) in [4.78, 5) is 28.9. The topological polar surface area (TPSA) is 105 Å². The van der Waals surface area contributed by atoms with E-state index in [1.165, 1.54) is 4.40 Å². The lowest BCUT2D eigenvalue weighted by atomic mass is 10.2. The van der Waals surface area contributed by atoms with Gasteiger partial charge < -0.3 is 9.26 Å². The monoisotopic (exact) mass is 413 g/mol. The van der Waals surface area contributed by atoms with Crippen molar-refractivity contribution in [1.82, 2.24) is 24.3 Å². The van der Waals surface area contributed by atoms with Gasteiger partial charge in [0.25, 0.3) is 5.89 Å². The molecule has 3 heterocycles. The number of aromatic nitrogens is 5. The fourth-order valence-corrected chi connectivity index (χ4v) is 2.91. The number of hydrogen-bond acceptors (Lipinski definition) is 7. The van der Waals surface area contributed by atoms with Gasteiger partial charge >= 0.3 is 11.7 Å². The van der Waals surface area contributed by atoms with Gasteiger partial charge in [-0.1, -0.05) is 16.8 Å². The first-order valence-corrected chi connectivity index (χ1v) is 9.18. The summed E-state index contributed by atoms with van der Waals surface area (Å²) in [6.45, 7) is 3.17. The van der Waals surface area contributed by atoms with Gasteiger partial charge in [0.15, 0.2) is 5.65 Å². The Hall–Kier alpha value is -3.46. The van der Waals surface area contributed by atoms with E-state index in [0.717, 1.165) is 10.2 Å². The van der Waals surface area contributed by atoms with Crippen LogP contribution in [0.4, 0.5) is 0 Å². The van der Waals surface area contributed by atoms with E-state index in [0.29, 0.717) is 22.1 Å². The summed E-state index contributed by atoms with van der Waals surface area (Å²) in [5.74, 6) is 0.0262. The van der Waals surface area contributed by atoms with Crippen LogP contribution in [-0.2, 0) is 16.1 Å². The quantitative estimate of drug-likeness (QED) is 0.463. The van der Waals surface area contributed by atoms with Crippen molar-refractivity contribution in [3.63, 3.8) is 0 Å². The number of carbonyl (C=O) groups is 1. The average molecular weight is 414 g/mol. The number of esters is 1. The molecular weight excluding hydrogens is 398 g/mol. The molecule has 3 aromatic heterocycles. The van der Waals surface area contributed by atoms with Crippen LogP contribution in [0.1, 0.15) is 13.8 Å². The van der Waals surface area contributed by atoms with Gasteiger partial charge in [-0.3, -0.25) is 4.79 Å². The van der Waals surface area contributed by atoms with Gasteiger partial charge in [0.2, 0.25) is 5.82 Å². The molecule has 0 atom stereocenters. The molecule has 9 nitrogen and oxygen atoms in total. The third kappa shape index (κ3) is 3.77. The first-order chi connectivity index (χ1) is 13.9. The highest BCUT2D eigenvalue weighted by atomic mass is 35.5. The fraction of sp³-hybridized carbons (Fsp3) is 0.211. The molecule has 0 aliphatic carbocycles. The van der Waals surface area contributed by atoms with Gasteiger partial charge in [0, 0.05) is 16.8 Å². The van der Waals surface area contributed by atoms with Crippen LogP contribution in [0.2, 0.25) is 5.02 Å². The zero-order valence-electron chi connectivity index (χ0n) is 15.6. The summed E-state index contributed by atoms with van der Waals surface area (Å²) >= 11 is 5.91. The number of nitrogens with zero attached hydrogens (tertiary/aromatic N) is 5. The minimum atomic E-state index is -0.546. The van der Waals surface area contributed by atoms with Gasteiger partial charge in [-0.2, -0.15) is 4.98 Å². The van der Waals surface area contributed by atoms with Crippen LogP contribution >= 0.6 is 11.6 Å². The Morgan fingerprint density at radius 3 is 2.72 bits per heavy atom. The maximum Gasteiger partial charge on any atom is 0.350 e. The van der Waals surface area contributed by atoms with Crippen LogP contribution in [-0.4, -0.2) is 36.4 Å². The van der Waals surface area contributed by atoms with Crippen molar-refractivity contribution < 1.29 is 14.1 Å². The predicted molar refractivity (Wildman–Crippen MR) is 104 cm³/mol. The van der Waals surface area contributed by atoms with Crippen molar-refractivity contribution in [2.75, 3.05) is 0 Å². The largest absolute Gasteiger partial charge is 0.462 e. The molecule has 0 unspecified atom stereocenters. The third-order valence-electron chi connectivity index (χ3n) is 4.01. The second kappa shape index (κ2) is 7.51. The molecule has 148 valence electrons. The lowest BCUT2D eigenvalue weighted by molar-refractivity contribution is -0.148. The van der Waals surface area contributed by atoms with E-state index in [9.17, 15) is 9.59 Å². The first kappa shape index (κ1) is 18.9. The molecular formula is C19H16ClN5O4. The molecule has 0 aliphatic rings. The molecule has 0 radical (unpaired) electrons.